The first-order valence-electron chi connectivity index (χ1n) is 6.71. The molecule has 6 heteroatoms. The van der Waals surface area contributed by atoms with Crippen LogP contribution in [0, 0.1) is 0 Å². The molecule has 1 heterocycles. The van der Waals surface area contributed by atoms with Crippen molar-refractivity contribution in [1.82, 2.24) is 10.1 Å². The fourth-order valence-corrected chi connectivity index (χ4v) is 2.96. The molecule has 0 bridgehead atoms. The zero-order chi connectivity index (χ0) is 15.7. The lowest BCUT2D eigenvalue weighted by Crippen LogP contribution is -2.50. The van der Waals surface area contributed by atoms with E-state index in [0.29, 0.717) is 17.5 Å². The Balaban J connectivity index is 2.09. The van der Waals surface area contributed by atoms with Crippen LogP contribution in [-0.2, 0) is 11.2 Å². The number of hydrogen-bond donors (Lipinski definition) is 1. The van der Waals surface area contributed by atoms with E-state index >= 15 is 0 Å². The van der Waals surface area contributed by atoms with Crippen molar-refractivity contribution in [3.63, 3.8) is 0 Å². The van der Waals surface area contributed by atoms with Gasteiger partial charge in [0.2, 0.25) is 5.89 Å². The average molecular weight is 370 g/mol. The summed E-state index contributed by atoms with van der Waals surface area (Å²) in [6.45, 7) is 7.97. The standard InChI is InChI=1S/C15H20BrN3OS/c1-14(2,15(3,4)17)13-18-12(19-20-13)9-21-11-8-6-5-7-10(11)16/h5-8H,9,17H2,1-4H3. The maximum atomic E-state index is 6.20. The van der Waals surface area contributed by atoms with Gasteiger partial charge in [-0.2, -0.15) is 4.98 Å². The first-order chi connectivity index (χ1) is 9.72. The van der Waals surface area contributed by atoms with Gasteiger partial charge in [0.05, 0.1) is 11.2 Å². The second-order valence-electron chi connectivity index (χ2n) is 6.08. The van der Waals surface area contributed by atoms with Gasteiger partial charge in [0.1, 0.15) is 0 Å². The van der Waals surface area contributed by atoms with E-state index in [1.54, 1.807) is 11.8 Å². The molecule has 2 rings (SSSR count). The molecule has 1 aromatic carbocycles. The number of nitrogens with two attached hydrogens (primary N) is 1. The van der Waals surface area contributed by atoms with Crippen LogP contribution in [0.2, 0.25) is 0 Å². The summed E-state index contributed by atoms with van der Waals surface area (Å²) < 4.78 is 6.48. The van der Waals surface area contributed by atoms with Gasteiger partial charge in [0.15, 0.2) is 5.82 Å². The fourth-order valence-electron chi connectivity index (χ4n) is 1.55. The van der Waals surface area contributed by atoms with Gasteiger partial charge >= 0.3 is 0 Å². The maximum absolute atomic E-state index is 6.20. The second-order valence-corrected chi connectivity index (χ2v) is 7.95. The highest BCUT2D eigenvalue weighted by molar-refractivity contribution is 9.10. The molecule has 0 fully saturated rings. The van der Waals surface area contributed by atoms with Gasteiger partial charge in [-0.25, -0.2) is 0 Å². The molecule has 0 spiro atoms. The molecule has 0 radical (unpaired) electrons. The summed E-state index contributed by atoms with van der Waals surface area (Å²) in [5.74, 6) is 1.92. The molecule has 114 valence electrons. The third-order valence-electron chi connectivity index (χ3n) is 3.81. The van der Waals surface area contributed by atoms with Crippen LogP contribution < -0.4 is 5.73 Å². The summed E-state index contributed by atoms with van der Waals surface area (Å²) in [4.78, 5) is 5.65. The largest absolute Gasteiger partial charge is 0.339 e. The number of thioether (sulfide) groups is 1. The van der Waals surface area contributed by atoms with Crippen LogP contribution in [0.25, 0.3) is 0 Å². The predicted octanol–water partition coefficient (Wildman–Crippen LogP) is 4.14. The number of hydrogen-bond acceptors (Lipinski definition) is 5. The minimum Gasteiger partial charge on any atom is -0.339 e. The van der Waals surface area contributed by atoms with Gasteiger partial charge in [-0.05, 0) is 55.8 Å². The van der Waals surface area contributed by atoms with Crippen molar-refractivity contribution in [2.24, 2.45) is 5.73 Å². The summed E-state index contributed by atoms with van der Waals surface area (Å²) in [6.07, 6.45) is 0. The number of halogens is 1. The minimum absolute atomic E-state index is 0.379. The lowest BCUT2D eigenvalue weighted by molar-refractivity contribution is 0.222. The van der Waals surface area contributed by atoms with Crippen molar-refractivity contribution in [2.45, 2.75) is 49.3 Å². The topological polar surface area (TPSA) is 64.9 Å². The number of aromatic nitrogens is 2. The third kappa shape index (κ3) is 3.67. The molecule has 0 aliphatic heterocycles. The van der Waals surface area contributed by atoms with Crippen LogP contribution in [-0.4, -0.2) is 15.7 Å². The Labute approximate surface area is 138 Å². The van der Waals surface area contributed by atoms with Gasteiger partial charge in [0.25, 0.3) is 0 Å². The molecule has 4 nitrogen and oxygen atoms in total. The monoisotopic (exact) mass is 369 g/mol. The summed E-state index contributed by atoms with van der Waals surface area (Å²) >= 11 is 5.20. The zero-order valence-electron chi connectivity index (χ0n) is 12.7. The lowest BCUT2D eigenvalue weighted by atomic mass is 9.75. The van der Waals surface area contributed by atoms with E-state index in [9.17, 15) is 0 Å². The van der Waals surface area contributed by atoms with Crippen LogP contribution in [0.1, 0.15) is 39.4 Å². The quantitative estimate of drug-likeness (QED) is 0.802. The van der Waals surface area contributed by atoms with Crippen LogP contribution in [0.5, 0.6) is 0 Å². The molecule has 2 aromatic rings. The molecule has 0 aliphatic carbocycles. The van der Waals surface area contributed by atoms with E-state index in [4.69, 9.17) is 10.3 Å². The van der Waals surface area contributed by atoms with E-state index in [1.807, 2.05) is 45.9 Å². The molecule has 2 N–H and O–H groups in total. The summed E-state index contributed by atoms with van der Waals surface area (Å²) in [5.41, 5.74) is 5.38. The highest BCUT2D eigenvalue weighted by Gasteiger charge is 2.40. The Kier molecular flexibility index (Phi) is 4.80. The maximum Gasteiger partial charge on any atom is 0.234 e. The first kappa shape index (κ1) is 16.5. The summed E-state index contributed by atoms with van der Waals surface area (Å²) in [7, 11) is 0. The van der Waals surface area contributed by atoms with Crippen molar-refractivity contribution in [3.8, 4) is 0 Å². The first-order valence-corrected chi connectivity index (χ1v) is 8.49. The predicted molar refractivity (Wildman–Crippen MR) is 89.3 cm³/mol. The van der Waals surface area contributed by atoms with Crippen molar-refractivity contribution < 1.29 is 4.52 Å². The lowest BCUT2D eigenvalue weighted by Gasteiger charge is -2.34. The summed E-state index contributed by atoms with van der Waals surface area (Å²) in [6, 6.07) is 8.08. The van der Waals surface area contributed by atoms with Gasteiger partial charge < -0.3 is 10.3 Å². The SMILES string of the molecule is CC(C)(N)C(C)(C)c1nc(CSc2ccccc2Br)no1. The zero-order valence-corrected chi connectivity index (χ0v) is 15.1. The van der Waals surface area contributed by atoms with Crippen LogP contribution in [0.4, 0.5) is 0 Å². The third-order valence-corrected chi connectivity index (χ3v) is 5.83. The normalized spacial score (nSPS) is 12.7. The Morgan fingerprint density at radius 3 is 2.52 bits per heavy atom. The molecule has 0 aliphatic rings. The molecular weight excluding hydrogens is 350 g/mol. The Bertz CT molecular complexity index is 619. The number of rotatable bonds is 5. The molecule has 0 unspecified atom stereocenters. The van der Waals surface area contributed by atoms with Crippen molar-refractivity contribution in [3.05, 3.63) is 40.5 Å². The van der Waals surface area contributed by atoms with Gasteiger partial charge in [-0.15, -0.1) is 11.8 Å². The average Bonchev–Trinajstić information content (AvgIpc) is 2.86. The van der Waals surface area contributed by atoms with E-state index in [0.717, 1.165) is 9.37 Å². The van der Waals surface area contributed by atoms with Crippen LogP contribution >= 0.6 is 27.7 Å². The highest BCUT2D eigenvalue weighted by atomic mass is 79.9. The summed E-state index contributed by atoms with van der Waals surface area (Å²) in [5, 5.41) is 4.06. The van der Waals surface area contributed by atoms with Crippen molar-refractivity contribution in [2.75, 3.05) is 0 Å². The number of benzene rings is 1. The minimum atomic E-state index is -0.438. The van der Waals surface area contributed by atoms with Crippen LogP contribution in [0.3, 0.4) is 0 Å². The molecule has 0 saturated heterocycles. The molecule has 1 aromatic heterocycles. The smallest absolute Gasteiger partial charge is 0.234 e. The van der Waals surface area contributed by atoms with E-state index in [-0.39, 0.29) is 5.41 Å². The second kappa shape index (κ2) is 6.10. The molecule has 0 amide bonds. The fraction of sp³-hybridized carbons (Fsp3) is 0.467. The van der Waals surface area contributed by atoms with E-state index in [1.165, 1.54) is 0 Å². The van der Waals surface area contributed by atoms with Crippen LogP contribution in [0.15, 0.2) is 38.2 Å². The molecular formula is C15H20BrN3OS. The molecule has 0 saturated carbocycles. The Hall–Kier alpha value is -0.850. The van der Waals surface area contributed by atoms with E-state index < -0.39 is 5.54 Å². The van der Waals surface area contributed by atoms with Crippen molar-refractivity contribution >= 4 is 27.7 Å². The van der Waals surface area contributed by atoms with Gasteiger partial charge in [0, 0.05) is 14.9 Å². The molecule has 0 atom stereocenters. The molecule has 21 heavy (non-hydrogen) atoms. The van der Waals surface area contributed by atoms with E-state index in [2.05, 4.69) is 32.1 Å². The van der Waals surface area contributed by atoms with Crippen molar-refractivity contribution in [1.29, 1.82) is 0 Å². The number of nitrogens with zero attached hydrogens (tertiary/aromatic N) is 2. The van der Waals surface area contributed by atoms with Gasteiger partial charge in [-0.3, -0.25) is 0 Å². The van der Waals surface area contributed by atoms with Gasteiger partial charge in [-0.1, -0.05) is 17.3 Å². The Morgan fingerprint density at radius 1 is 1.24 bits per heavy atom. The Morgan fingerprint density at radius 2 is 1.90 bits per heavy atom. The highest BCUT2D eigenvalue weighted by Crippen LogP contribution is 2.33.